The number of benzene rings is 1. The van der Waals surface area contributed by atoms with E-state index in [1.807, 2.05) is 6.07 Å². The number of rotatable bonds is 5. The molecule has 0 unspecified atom stereocenters. The second-order valence-corrected chi connectivity index (χ2v) is 13.2. The first kappa shape index (κ1) is 27.1. The van der Waals surface area contributed by atoms with E-state index in [0.717, 1.165) is 79.3 Å². The van der Waals surface area contributed by atoms with E-state index in [1.165, 1.54) is 0 Å². The minimum absolute atomic E-state index is 0.0255. The maximum atomic E-state index is 14.5. The number of anilines is 2. The van der Waals surface area contributed by atoms with Crippen molar-refractivity contribution in [1.29, 1.82) is 5.26 Å². The number of alkyl halides is 1. The maximum Gasteiger partial charge on any atom is 0.318 e. The smallest absolute Gasteiger partial charge is 0.318 e. The van der Waals surface area contributed by atoms with E-state index in [-0.39, 0.29) is 11.6 Å². The highest BCUT2D eigenvalue weighted by Gasteiger charge is 2.50. The van der Waals surface area contributed by atoms with Gasteiger partial charge in [0.15, 0.2) is 0 Å². The van der Waals surface area contributed by atoms with Crippen LogP contribution >= 0.6 is 0 Å². The zero-order valence-electron chi connectivity index (χ0n) is 24.6. The minimum atomic E-state index is -0.828. The molecule has 2 aromatic rings. The van der Waals surface area contributed by atoms with E-state index in [9.17, 15) is 9.65 Å². The van der Waals surface area contributed by atoms with Crippen LogP contribution in [0.15, 0.2) is 17.1 Å². The first-order valence-electron chi connectivity index (χ1n) is 15.7. The molecule has 11 heteroatoms. The average molecular weight is 588 g/mol. The van der Waals surface area contributed by atoms with Gasteiger partial charge < -0.3 is 24.8 Å². The summed E-state index contributed by atoms with van der Waals surface area (Å²) in [6.07, 6.45) is 4.75. The molecule has 3 saturated heterocycles. The number of halogens is 1. The van der Waals surface area contributed by atoms with Crippen LogP contribution in [0.2, 0.25) is 0 Å². The van der Waals surface area contributed by atoms with E-state index in [4.69, 9.17) is 29.9 Å². The zero-order chi connectivity index (χ0) is 29.3. The van der Waals surface area contributed by atoms with Gasteiger partial charge in [-0.25, -0.2) is 4.39 Å². The number of nitrogens with zero attached hydrogens (tertiary/aromatic N) is 6. The Morgan fingerprint density at radius 1 is 1.23 bits per heavy atom. The van der Waals surface area contributed by atoms with Crippen LogP contribution in [0.3, 0.4) is 0 Å². The van der Waals surface area contributed by atoms with Gasteiger partial charge >= 0.3 is 6.01 Å². The van der Waals surface area contributed by atoms with Crippen LogP contribution in [0.5, 0.6) is 6.01 Å². The van der Waals surface area contributed by atoms with Crippen molar-refractivity contribution in [2.45, 2.75) is 87.7 Å². The summed E-state index contributed by atoms with van der Waals surface area (Å²) < 4.78 is 33.6. The number of nitrogen functional groups attached to an aromatic ring is 1. The van der Waals surface area contributed by atoms with Crippen LogP contribution in [0, 0.1) is 11.3 Å². The highest BCUT2D eigenvalue weighted by molar-refractivity contribution is 5.88. The molecule has 5 atom stereocenters. The van der Waals surface area contributed by atoms with E-state index in [0.29, 0.717) is 68.9 Å². The molecule has 8 rings (SSSR count). The fourth-order valence-electron chi connectivity index (χ4n) is 8.43. The van der Waals surface area contributed by atoms with E-state index in [1.54, 1.807) is 0 Å². The van der Waals surface area contributed by atoms with Crippen molar-refractivity contribution in [3.63, 3.8) is 0 Å². The van der Waals surface area contributed by atoms with E-state index < -0.39 is 11.8 Å². The Morgan fingerprint density at radius 2 is 2.14 bits per heavy atom. The van der Waals surface area contributed by atoms with Gasteiger partial charge in [-0.1, -0.05) is 13.0 Å². The van der Waals surface area contributed by atoms with Gasteiger partial charge in [0.25, 0.3) is 0 Å². The number of hydrogen-bond acceptors (Lipinski definition) is 10. The number of ether oxygens (including phenoxy) is 3. The first-order valence-corrected chi connectivity index (χ1v) is 15.7. The quantitative estimate of drug-likeness (QED) is 0.521. The third-order valence-electron chi connectivity index (χ3n) is 10.8. The zero-order valence-corrected chi connectivity index (χ0v) is 24.6. The Balaban J connectivity index is 1.19. The first-order chi connectivity index (χ1) is 20.9. The summed E-state index contributed by atoms with van der Waals surface area (Å²) in [5.41, 5.74) is 10.1. The summed E-state index contributed by atoms with van der Waals surface area (Å²) in [5, 5.41) is 10.2. The summed E-state index contributed by atoms with van der Waals surface area (Å²) in [6, 6.07) is 6.60. The van der Waals surface area contributed by atoms with Crippen LogP contribution in [0.1, 0.15) is 79.3 Å². The molecule has 10 nitrogen and oxygen atoms in total. The van der Waals surface area contributed by atoms with Crippen LogP contribution in [-0.2, 0) is 28.1 Å². The highest BCUT2D eigenvalue weighted by atomic mass is 19.1. The molecule has 2 N–H and O–H groups in total. The molecule has 6 aliphatic rings. The van der Waals surface area contributed by atoms with Gasteiger partial charge in [-0.05, 0) is 56.2 Å². The third kappa shape index (κ3) is 4.20. The fraction of sp³-hybridized carbons (Fsp3) is 0.625. The Kier molecular flexibility index (Phi) is 6.32. The van der Waals surface area contributed by atoms with Gasteiger partial charge in [0.05, 0.1) is 29.9 Å². The molecule has 1 spiro atoms. The lowest BCUT2D eigenvalue weighted by Crippen LogP contribution is -2.54. The standard InChI is InChI=1S/C32H38FN7O3/c1-19-5-8-32(27-21(19)3-4-24(35)22(27)15-34)14-25-23(17-43-32)28(40-11-6-26(40)29-36-9-12-41-29)38-30(37-25)42-18-31-7-2-10-39(31)16-20(33)13-31/h3-4,19-20,26H,2,5-14,16-18,35H2,1H3/t19-,20+,26-,31-,32-/m0/s1. The van der Waals surface area contributed by atoms with Crippen LogP contribution in [-0.4, -0.2) is 77.9 Å². The van der Waals surface area contributed by atoms with Crippen molar-refractivity contribution in [3.8, 4) is 12.1 Å². The van der Waals surface area contributed by atoms with Crippen LogP contribution in [0.4, 0.5) is 15.9 Å². The molecule has 0 saturated carbocycles. The van der Waals surface area contributed by atoms with Gasteiger partial charge in [-0.15, -0.1) is 0 Å². The Bertz CT molecular complexity index is 1540. The highest BCUT2D eigenvalue weighted by Crippen LogP contribution is 2.51. The number of aromatic nitrogens is 2. The molecule has 1 aromatic carbocycles. The molecule has 1 aromatic heterocycles. The fourth-order valence-corrected chi connectivity index (χ4v) is 8.43. The molecule has 1 aliphatic carbocycles. The molecule has 6 heterocycles. The topological polar surface area (TPSA) is 122 Å². The van der Waals surface area contributed by atoms with Gasteiger partial charge in [-0.2, -0.15) is 15.2 Å². The number of nitrogens with two attached hydrogens (primary N) is 1. The molecule has 0 bridgehead atoms. The predicted molar refractivity (Wildman–Crippen MR) is 158 cm³/mol. The molecule has 0 amide bonds. The molecule has 43 heavy (non-hydrogen) atoms. The molecule has 0 radical (unpaired) electrons. The normalized spacial score (nSPS) is 32.8. The molecule has 3 fully saturated rings. The summed E-state index contributed by atoms with van der Waals surface area (Å²) in [5.74, 6) is 1.85. The number of aliphatic imine (C=N–C) groups is 1. The number of nitriles is 1. The molecular formula is C32H38FN7O3. The average Bonchev–Trinajstić information content (AvgIpc) is 3.70. The van der Waals surface area contributed by atoms with Gasteiger partial charge in [0.2, 0.25) is 5.90 Å². The Morgan fingerprint density at radius 3 is 2.93 bits per heavy atom. The maximum absolute atomic E-state index is 14.5. The monoisotopic (exact) mass is 587 g/mol. The van der Waals surface area contributed by atoms with Gasteiger partial charge in [-0.3, -0.25) is 9.89 Å². The van der Waals surface area contributed by atoms with E-state index >= 15 is 0 Å². The summed E-state index contributed by atoms with van der Waals surface area (Å²) in [7, 11) is 0. The lowest BCUT2D eigenvalue weighted by Gasteiger charge is -2.46. The van der Waals surface area contributed by atoms with Crippen LogP contribution < -0.4 is 15.4 Å². The van der Waals surface area contributed by atoms with Crippen molar-refractivity contribution in [2.75, 3.05) is 50.0 Å². The SMILES string of the molecule is C[C@H]1CC[C@]2(Cc3nc(OC[C@@]45CCCN4C[C@H](F)C5)nc(N4CC[C@H]4C4=NCCO4)c3CO2)c2c1ccc(N)c2C#N. The predicted octanol–water partition coefficient (Wildman–Crippen LogP) is 3.76. The van der Waals surface area contributed by atoms with Crippen molar-refractivity contribution in [1.82, 2.24) is 14.9 Å². The van der Waals surface area contributed by atoms with Crippen molar-refractivity contribution in [3.05, 3.63) is 40.1 Å². The summed E-state index contributed by atoms with van der Waals surface area (Å²) >= 11 is 0. The van der Waals surface area contributed by atoms with Crippen molar-refractivity contribution in [2.24, 2.45) is 4.99 Å². The Hall–Kier alpha value is -3.49. The lowest BCUT2D eigenvalue weighted by molar-refractivity contribution is -0.0874. The largest absolute Gasteiger partial charge is 0.478 e. The molecule has 5 aliphatic heterocycles. The molecular weight excluding hydrogens is 549 g/mol. The molecule has 226 valence electrons. The van der Waals surface area contributed by atoms with Gasteiger partial charge in [0.1, 0.15) is 42.9 Å². The summed E-state index contributed by atoms with van der Waals surface area (Å²) in [6.45, 7) is 6.35. The third-order valence-corrected chi connectivity index (χ3v) is 10.8. The lowest BCUT2D eigenvalue weighted by atomic mass is 9.69. The van der Waals surface area contributed by atoms with Crippen LogP contribution in [0.25, 0.3) is 0 Å². The second-order valence-electron chi connectivity index (χ2n) is 13.2. The number of fused-ring (bicyclic) bond motifs is 4. The minimum Gasteiger partial charge on any atom is -0.478 e. The van der Waals surface area contributed by atoms with E-state index in [2.05, 4.69) is 33.9 Å². The van der Waals surface area contributed by atoms with Crippen molar-refractivity contribution >= 4 is 17.4 Å². The van der Waals surface area contributed by atoms with Crippen molar-refractivity contribution < 1.29 is 18.6 Å². The summed E-state index contributed by atoms with van der Waals surface area (Å²) in [4.78, 5) is 19.1. The Labute approximate surface area is 251 Å². The number of hydrogen-bond donors (Lipinski definition) is 1. The second kappa shape index (κ2) is 10.0. The van der Waals surface area contributed by atoms with Gasteiger partial charge in [0, 0.05) is 42.7 Å².